The van der Waals surface area contributed by atoms with E-state index >= 15 is 0 Å². The van der Waals surface area contributed by atoms with Crippen molar-refractivity contribution >= 4 is 40.0 Å². The molecule has 1 unspecified atom stereocenters. The molecule has 3 N–H and O–H groups in total. The van der Waals surface area contributed by atoms with E-state index in [2.05, 4.69) is 32.5 Å². The lowest BCUT2D eigenvalue weighted by Gasteiger charge is -2.25. The normalized spacial score (nSPS) is 15.9. The number of rotatable bonds is 12. The van der Waals surface area contributed by atoms with Crippen LogP contribution in [0.5, 0.6) is 0 Å². The van der Waals surface area contributed by atoms with Crippen molar-refractivity contribution in [2.45, 2.75) is 38.7 Å². The van der Waals surface area contributed by atoms with Crippen molar-refractivity contribution in [2.75, 3.05) is 39.0 Å². The molecule has 1 aromatic carbocycles. The Balaban J connectivity index is 0.00000420. The summed E-state index contributed by atoms with van der Waals surface area (Å²) in [7, 11) is -1.56. The van der Waals surface area contributed by atoms with E-state index in [1.165, 1.54) is 12.0 Å². The van der Waals surface area contributed by atoms with Crippen molar-refractivity contribution in [3.05, 3.63) is 35.9 Å². The number of hydrogen-bond donors (Lipinski definition) is 3. The lowest BCUT2D eigenvalue weighted by atomic mass is 9.86. The molecule has 1 aliphatic carbocycles. The second-order valence-electron chi connectivity index (χ2n) is 7.17. The Bertz CT molecular complexity index is 697. The molecule has 0 amide bonds. The number of guanidine groups is 1. The first-order valence-electron chi connectivity index (χ1n) is 10.1. The van der Waals surface area contributed by atoms with Crippen LogP contribution in [0.4, 0.5) is 0 Å². The second-order valence-corrected chi connectivity index (χ2v) is 9.09. The van der Waals surface area contributed by atoms with Gasteiger partial charge in [0.25, 0.3) is 0 Å². The number of nitrogens with zero attached hydrogens (tertiary/aromatic N) is 1. The maximum Gasteiger partial charge on any atom is 0.213 e. The van der Waals surface area contributed by atoms with Crippen LogP contribution < -0.4 is 15.4 Å². The fraction of sp³-hybridized carbons (Fsp3) is 0.650. The molecule has 1 aliphatic rings. The van der Waals surface area contributed by atoms with Crippen LogP contribution in [0.25, 0.3) is 0 Å². The summed E-state index contributed by atoms with van der Waals surface area (Å²) in [5.74, 6) is 1.16. The molecule has 7 nitrogen and oxygen atoms in total. The van der Waals surface area contributed by atoms with Crippen molar-refractivity contribution in [1.82, 2.24) is 15.4 Å². The molecule has 0 heterocycles. The van der Waals surface area contributed by atoms with Gasteiger partial charge in [0.15, 0.2) is 5.96 Å². The summed E-state index contributed by atoms with van der Waals surface area (Å²) in [6.07, 6.45) is 4.37. The Labute approximate surface area is 192 Å². The number of hydrogen-bond acceptors (Lipinski definition) is 4. The first kappa shape index (κ1) is 26.1. The van der Waals surface area contributed by atoms with Gasteiger partial charge < -0.3 is 15.4 Å². The molecule has 166 valence electrons. The molecule has 1 aromatic rings. The van der Waals surface area contributed by atoms with E-state index in [1.54, 1.807) is 7.05 Å². The molecule has 0 saturated heterocycles. The Hall–Kier alpha value is -0.910. The monoisotopic (exact) mass is 538 g/mol. The van der Waals surface area contributed by atoms with Gasteiger partial charge in [-0.05, 0) is 37.7 Å². The summed E-state index contributed by atoms with van der Waals surface area (Å²) >= 11 is 0. The Morgan fingerprint density at radius 1 is 1.21 bits per heavy atom. The number of nitrogens with one attached hydrogen (secondary N) is 3. The zero-order chi connectivity index (χ0) is 20.2. The molecular weight excluding hydrogens is 503 g/mol. The van der Waals surface area contributed by atoms with E-state index in [9.17, 15) is 8.42 Å². The topological polar surface area (TPSA) is 91.8 Å². The summed E-state index contributed by atoms with van der Waals surface area (Å²) in [6, 6.07) is 10.1. The minimum atomic E-state index is -3.24. The van der Waals surface area contributed by atoms with Crippen molar-refractivity contribution in [3.63, 3.8) is 0 Å². The number of benzene rings is 1. The standard InChI is InChI=1S/C20H34N4O3S.HI/c1-17(19-10-4-3-5-11-19)27-14-7-12-22-20(21-2)23-13-15-28(25,26)24-16-18-8-6-9-18;/h3-5,10-11,17-18,24H,6-9,12-16H2,1-2H3,(H2,21,22,23);1H. The van der Waals surface area contributed by atoms with Gasteiger partial charge in [-0.2, -0.15) is 0 Å². The average molecular weight is 538 g/mol. The van der Waals surface area contributed by atoms with Crippen molar-refractivity contribution < 1.29 is 13.2 Å². The molecule has 29 heavy (non-hydrogen) atoms. The van der Waals surface area contributed by atoms with Gasteiger partial charge in [0.2, 0.25) is 10.0 Å². The van der Waals surface area contributed by atoms with Gasteiger partial charge in [0, 0.05) is 33.3 Å². The summed E-state index contributed by atoms with van der Waals surface area (Å²) < 4.78 is 32.5. The van der Waals surface area contributed by atoms with E-state index in [4.69, 9.17) is 4.74 Å². The highest BCUT2D eigenvalue weighted by atomic mass is 127. The van der Waals surface area contributed by atoms with Crippen LogP contribution in [0, 0.1) is 5.92 Å². The van der Waals surface area contributed by atoms with Crippen molar-refractivity contribution in [3.8, 4) is 0 Å². The van der Waals surface area contributed by atoms with Crippen LogP contribution in [0.3, 0.4) is 0 Å². The molecule has 0 radical (unpaired) electrons. The third kappa shape index (κ3) is 10.6. The van der Waals surface area contributed by atoms with Gasteiger partial charge in [0.05, 0.1) is 11.9 Å². The molecule has 0 spiro atoms. The van der Waals surface area contributed by atoms with Gasteiger partial charge in [0.1, 0.15) is 0 Å². The quantitative estimate of drug-likeness (QED) is 0.165. The highest BCUT2D eigenvalue weighted by Crippen LogP contribution is 2.25. The zero-order valence-electron chi connectivity index (χ0n) is 17.4. The molecule has 1 saturated carbocycles. The first-order valence-corrected chi connectivity index (χ1v) is 11.7. The lowest BCUT2D eigenvalue weighted by Crippen LogP contribution is -2.42. The smallest absolute Gasteiger partial charge is 0.213 e. The number of halogens is 1. The van der Waals surface area contributed by atoms with E-state index in [-0.39, 0.29) is 35.8 Å². The third-order valence-electron chi connectivity index (χ3n) is 4.95. The molecule has 0 aromatic heterocycles. The van der Waals surface area contributed by atoms with Crippen molar-refractivity contribution in [1.29, 1.82) is 0 Å². The molecule has 0 aliphatic heterocycles. The van der Waals surface area contributed by atoms with E-state index < -0.39 is 10.0 Å². The maximum absolute atomic E-state index is 12.0. The molecule has 2 rings (SSSR count). The van der Waals surface area contributed by atoms with Crippen LogP contribution in [0.1, 0.15) is 44.3 Å². The summed E-state index contributed by atoms with van der Waals surface area (Å²) in [5, 5.41) is 6.23. The van der Waals surface area contributed by atoms with Gasteiger partial charge >= 0.3 is 0 Å². The largest absolute Gasteiger partial charge is 0.374 e. The summed E-state index contributed by atoms with van der Waals surface area (Å²) in [4.78, 5) is 4.12. The van der Waals surface area contributed by atoms with E-state index in [0.29, 0.717) is 38.1 Å². The number of sulfonamides is 1. The SMILES string of the molecule is CN=C(NCCCOC(C)c1ccccc1)NCCS(=O)(=O)NCC1CCC1.I. The van der Waals surface area contributed by atoms with E-state index in [0.717, 1.165) is 19.3 Å². The van der Waals surface area contributed by atoms with E-state index in [1.807, 2.05) is 25.1 Å². The number of aliphatic imine (C=N–C) groups is 1. The van der Waals surface area contributed by atoms with Crippen LogP contribution in [-0.4, -0.2) is 53.4 Å². The second kappa shape index (κ2) is 14.2. The molecular formula is C20H35IN4O3S. The Morgan fingerprint density at radius 3 is 2.52 bits per heavy atom. The highest BCUT2D eigenvalue weighted by molar-refractivity contribution is 14.0. The summed E-state index contributed by atoms with van der Waals surface area (Å²) in [5.41, 5.74) is 1.17. The van der Waals surface area contributed by atoms with Gasteiger partial charge in [-0.25, -0.2) is 13.1 Å². The molecule has 1 atom stereocenters. The molecule has 0 bridgehead atoms. The highest BCUT2D eigenvalue weighted by Gasteiger charge is 2.20. The zero-order valence-corrected chi connectivity index (χ0v) is 20.5. The van der Waals surface area contributed by atoms with Crippen LogP contribution >= 0.6 is 24.0 Å². The third-order valence-corrected chi connectivity index (χ3v) is 6.30. The van der Waals surface area contributed by atoms with Crippen LogP contribution in [0.15, 0.2) is 35.3 Å². The predicted molar refractivity (Wildman–Crippen MR) is 129 cm³/mol. The Morgan fingerprint density at radius 2 is 1.90 bits per heavy atom. The fourth-order valence-corrected chi connectivity index (χ4v) is 3.90. The van der Waals surface area contributed by atoms with Gasteiger partial charge in [-0.3, -0.25) is 4.99 Å². The minimum absolute atomic E-state index is 0. The van der Waals surface area contributed by atoms with Crippen molar-refractivity contribution in [2.24, 2.45) is 10.9 Å². The Kier molecular flexibility index (Phi) is 12.8. The molecule has 9 heteroatoms. The van der Waals surface area contributed by atoms with Gasteiger partial charge in [-0.1, -0.05) is 36.8 Å². The lowest BCUT2D eigenvalue weighted by molar-refractivity contribution is 0.0646. The maximum atomic E-state index is 12.0. The average Bonchev–Trinajstić information content (AvgIpc) is 2.65. The fourth-order valence-electron chi connectivity index (χ4n) is 2.90. The van der Waals surface area contributed by atoms with Crippen LogP contribution in [0.2, 0.25) is 0 Å². The van der Waals surface area contributed by atoms with Crippen LogP contribution in [-0.2, 0) is 14.8 Å². The minimum Gasteiger partial charge on any atom is -0.374 e. The van der Waals surface area contributed by atoms with Gasteiger partial charge in [-0.15, -0.1) is 24.0 Å². The molecule has 1 fully saturated rings. The first-order chi connectivity index (χ1) is 13.5. The summed E-state index contributed by atoms with van der Waals surface area (Å²) in [6.45, 7) is 4.27. The predicted octanol–water partition coefficient (Wildman–Crippen LogP) is 2.66. The number of ether oxygens (including phenoxy) is 1.